The number of likely N-dealkylation sites (tertiary alicyclic amines) is 1. The van der Waals surface area contributed by atoms with Gasteiger partial charge in [-0.3, -0.25) is 4.79 Å². The zero-order valence-electron chi connectivity index (χ0n) is 14.0. The van der Waals surface area contributed by atoms with Crippen LogP contribution >= 0.6 is 11.6 Å². The van der Waals surface area contributed by atoms with Crippen molar-refractivity contribution in [2.45, 2.75) is 12.6 Å². The standard InChI is InChI=1S/C15H16ClN3O.C2HF3O2/c16-12-3-1-11-2-4-13(18-14(11)7-12)15(20)19-6-5-10(8-17)9-19;3-2(4,5)1(6)7/h1-4,7,10H,5-6,8-9,17H2;(H,6,7). The maximum atomic E-state index is 12.4. The van der Waals surface area contributed by atoms with E-state index in [1.165, 1.54) is 0 Å². The zero-order valence-corrected chi connectivity index (χ0v) is 14.8. The molecule has 3 N–H and O–H groups in total. The van der Waals surface area contributed by atoms with Gasteiger partial charge >= 0.3 is 12.1 Å². The van der Waals surface area contributed by atoms with E-state index in [4.69, 9.17) is 27.2 Å². The molecule has 2 aromatic rings. The van der Waals surface area contributed by atoms with Gasteiger partial charge in [-0.15, -0.1) is 0 Å². The van der Waals surface area contributed by atoms with E-state index in [0.717, 1.165) is 30.4 Å². The average molecular weight is 404 g/mol. The zero-order chi connectivity index (χ0) is 20.2. The Balaban J connectivity index is 0.000000321. The number of halogens is 4. The molecule has 27 heavy (non-hydrogen) atoms. The molecule has 1 atom stereocenters. The van der Waals surface area contributed by atoms with Crippen molar-refractivity contribution in [3.63, 3.8) is 0 Å². The van der Waals surface area contributed by atoms with Crippen LogP contribution in [-0.2, 0) is 4.79 Å². The Hall–Kier alpha value is -2.39. The van der Waals surface area contributed by atoms with E-state index >= 15 is 0 Å². The van der Waals surface area contributed by atoms with Crippen molar-refractivity contribution in [3.8, 4) is 0 Å². The van der Waals surface area contributed by atoms with Gasteiger partial charge in [0.25, 0.3) is 5.91 Å². The van der Waals surface area contributed by atoms with E-state index in [1.807, 2.05) is 23.1 Å². The van der Waals surface area contributed by atoms with Crippen LogP contribution in [0.1, 0.15) is 16.9 Å². The third kappa shape index (κ3) is 5.54. The first-order valence-corrected chi connectivity index (χ1v) is 8.35. The average Bonchev–Trinajstić information content (AvgIpc) is 3.09. The van der Waals surface area contributed by atoms with Crippen LogP contribution in [0.25, 0.3) is 10.9 Å². The molecule has 0 saturated carbocycles. The number of carbonyl (C=O) groups excluding carboxylic acids is 1. The molecule has 1 amide bonds. The maximum Gasteiger partial charge on any atom is 0.490 e. The highest BCUT2D eigenvalue weighted by Gasteiger charge is 2.38. The number of benzene rings is 1. The van der Waals surface area contributed by atoms with Crippen LogP contribution in [0.5, 0.6) is 0 Å². The lowest BCUT2D eigenvalue weighted by atomic mass is 10.1. The number of fused-ring (bicyclic) bond motifs is 1. The van der Waals surface area contributed by atoms with Gasteiger partial charge in [0.05, 0.1) is 5.52 Å². The van der Waals surface area contributed by atoms with Gasteiger partial charge in [0.1, 0.15) is 5.69 Å². The number of carbonyl (C=O) groups is 2. The van der Waals surface area contributed by atoms with Gasteiger partial charge in [0.2, 0.25) is 0 Å². The van der Waals surface area contributed by atoms with E-state index in [2.05, 4.69) is 4.98 Å². The number of nitrogens with zero attached hydrogens (tertiary/aromatic N) is 2. The highest BCUT2D eigenvalue weighted by molar-refractivity contribution is 6.31. The largest absolute Gasteiger partial charge is 0.490 e. The number of aromatic nitrogens is 1. The minimum Gasteiger partial charge on any atom is -0.475 e. The van der Waals surface area contributed by atoms with Gasteiger partial charge in [-0.05, 0) is 37.1 Å². The van der Waals surface area contributed by atoms with E-state index in [1.54, 1.807) is 12.1 Å². The van der Waals surface area contributed by atoms with Crippen LogP contribution in [0.4, 0.5) is 13.2 Å². The number of aliphatic carboxylic acids is 1. The van der Waals surface area contributed by atoms with Crippen molar-refractivity contribution >= 4 is 34.4 Å². The molecule has 1 aliphatic heterocycles. The van der Waals surface area contributed by atoms with Crippen LogP contribution in [0.2, 0.25) is 5.02 Å². The number of carboxylic acids is 1. The number of hydrogen-bond acceptors (Lipinski definition) is 4. The highest BCUT2D eigenvalue weighted by Crippen LogP contribution is 2.21. The first kappa shape index (κ1) is 20.9. The highest BCUT2D eigenvalue weighted by atomic mass is 35.5. The fourth-order valence-electron chi connectivity index (χ4n) is 2.58. The summed E-state index contributed by atoms with van der Waals surface area (Å²) in [5.74, 6) is -2.37. The SMILES string of the molecule is NCC1CCN(C(=O)c2ccc3ccc(Cl)cc3n2)C1.O=C(O)C(F)(F)F. The van der Waals surface area contributed by atoms with Gasteiger partial charge in [-0.25, -0.2) is 9.78 Å². The molecular formula is C17H17ClF3N3O3. The fraction of sp³-hybridized carbons (Fsp3) is 0.353. The second kappa shape index (κ2) is 8.53. The Kier molecular flexibility index (Phi) is 6.61. The molecule has 1 unspecified atom stereocenters. The summed E-state index contributed by atoms with van der Waals surface area (Å²) in [4.78, 5) is 27.6. The van der Waals surface area contributed by atoms with Crippen LogP contribution in [0.15, 0.2) is 30.3 Å². The summed E-state index contributed by atoms with van der Waals surface area (Å²) in [6.07, 6.45) is -4.11. The molecule has 10 heteroatoms. The van der Waals surface area contributed by atoms with Gasteiger partial charge < -0.3 is 15.7 Å². The number of hydrogen-bond donors (Lipinski definition) is 2. The molecule has 1 fully saturated rings. The monoisotopic (exact) mass is 403 g/mol. The number of alkyl halides is 3. The second-order valence-electron chi connectivity index (χ2n) is 5.98. The lowest BCUT2D eigenvalue weighted by Gasteiger charge is -2.15. The molecule has 1 aliphatic rings. The van der Waals surface area contributed by atoms with Gasteiger partial charge in [-0.1, -0.05) is 23.7 Å². The molecule has 0 spiro atoms. The van der Waals surface area contributed by atoms with Crippen molar-refractivity contribution in [1.82, 2.24) is 9.88 Å². The lowest BCUT2D eigenvalue weighted by molar-refractivity contribution is -0.192. The van der Waals surface area contributed by atoms with Crippen LogP contribution in [0, 0.1) is 5.92 Å². The summed E-state index contributed by atoms with van der Waals surface area (Å²) in [7, 11) is 0. The summed E-state index contributed by atoms with van der Waals surface area (Å²) in [5, 5.41) is 8.73. The predicted molar refractivity (Wildman–Crippen MR) is 93.5 cm³/mol. The van der Waals surface area contributed by atoms with Crippen molar-refractivity contribution < 1.29 is 27.9 Å². The third-order valence-electron chi connectivity index (χ3n) is 4.02. The first-order chi connectivity index (χ1) is 12.6. The van der Waals surface area contributed by atoms with Crippen molar-refractivity contribution in [2.75, 3.05) is 19.6 Å². The molecule has 2 heterocycles. The number of amides is 1. The Morgan fingerprint density at radius 3 is 2.48 bits per heavy atom. The second-order valence-corrected chi connectivity index (χ2v) is 6.41. The Morgan fingerprint density at radius 1 is 1.30 bits per heavy atom. The smallest absolute Gasteiger partial charge is 0.475 e. The Labute approximate surface area is 157 Å². The summed E-state index contributed by atoms with van der Waals surface area (Å²) in [5.41, 5.74) is 6.88. The molecule has 0 aliphatic carbocycles. The Bertz CT molecular complexity index is 845. The van der Waals surface area contributed by atoms with E-state index in [-0.39, 0.29) is 5.91 Å². The maximum absolute atomic E-state index is 12.4. The molecule has 146 valence electrons. The van der Waals surface area contributed by atoms with E-state index in [9.17, 15) is 18.0 Å². The molecule has 1 saturated heterocycles. The van der Waals surface area contributed by atoms with Crippen molar-refractivity contribution in [2.24, 2.45) is 11.7 Å². The summed E-state index contributed by atoms with van der Waals surface area (Å²) in [6.45, 7) is 2.12. The van der Waals surface area contributed by atoms with Crippen LogP contribution < -0.4 is 5.73 Å². The predicted octanol–water partition coefficient (Wildman–Crippen LogP) is 2.94. The summed E-state index contributed by atoms with van der Waals surface area (Å²) < 4.78 is 31.7. The quantitative estimate of drug-likeness (QED) is 0.803. The normalized spacial score (nSPS) is 16.8. The van der Waals surface area contributed by atoms with Crippen LogP contribution in [-0.4, -0.2) is 52.7 Å². The van der Waals surface area contributed by atoms with Crippen molar-refractivity contribution in [3.05, 3.63) is 41.0 Å². The molecule has 6 nitrogen and oxygen atoms in total. The number of carboxylic acid groups (broad SMARTS) is 1. The molecule has 0 bridgehead atoms. The summed E-state index contributed by atoms with van der Waals surface area (Å²) in [6, 6.07) is 9.18. The topological polar surface area (TPSA) is 96.5 Å². The molecule has 0 radical (unpaired) electrons. The number of rotatable bonds is 2. The molecule has 1 aromatic carbocycles. The first-order valence-electron chi connectivity index (χ1n) is 7.97. The molecule has 1 aromatic heterocycles. The number of pyridine rings is 1. The van der Waals surface area contributed by atoms with E-state index in [0.29, 0.717) is 23.2 Å². The van der Waals surface area contributed by atoms with Crippen LogP contribution in [0.3, 0.4) is 0 Å². The number of nitrogens with two attached hydrogens (primary N) is 1. The third-order valence-corrected chi connectivity index (χ3v) is 4.26. The molecular weight excluding hydrogens is 387 g/mol. The molecule has 3 rings (SSSR count). The van der Waals surface area contributed by atoms with Crippen molar-refractivity contribution in [1.29, 1.82) is 0 Å². The fourth-order valence-corrected chi connectivity index (χ4v) is 2.75. The van der Waals surface area contributed by atoms with Gasteiger partial charge in [-0.2, -0.15) is 13.2 Å². The minimum atomic E-state index is -5.08. The van der Waals surface area contributed by atoms with Gasteiger partial charge in [0.15, 0.2) is 0 Å². The lowest BCUT2D eigenvalue weighted by Crippen LogP contribution is -2.30. The van der Waals surface area contributed by atoms with Gasteiger partial charge in [0, 0.05) is 23.5 Å². The minimum absolute atomic E-state index is 0.0252. The van der Waals surface area contributed by atoms with E-state index < -0.39 is 12.1 Å². The summed E-state index contributed by atoms with van der Waals surface area (Å²) >= 11 is 5.97. The Morgan fingerprint density at radius 2 is 1.93 bits per heavy atom.